The molecular weight excluding hydrogens is 452 g/mol. The molecule has 0 aliphatic heterocycles. The Bertz CT molecular complexity index is 1230. The Morgan fingerprint density at radius 2 is 1.78 bits per heavy atom. The highest BCUT2D eigenvalue weighted by molar-refractivity contribution is 5.84. The fourth-order valence-corrected chi connectivity index (χ4v) is 4.50. The Balaban J connectivity index is 1.86. The summed E-state index contributed by atoms with van der Waals surface area (Å²) in [7, 11) is 0. The number of H-pyrrole nitrogens is 1. The van der Waals surface area contributed by atoms with Gasteiger partial charge in [-0.05, 0) is 92.3 Å². The second kappa shape index (κ2) is 12.6. The zero-order chi connectivity index (χ0) is 26.2. The highest BCUT2D eigenvalue weighted by atomic mass is 16.5. The summed E-state index contributed by atoms with van der Waals surface area (Å²) in [6, 6.07) is 11.7. The van der Waals surface area contributed by atoms with Crippen LogP contribution in [0.5, 0.6) is 5.75 Å². The lowest BCUT2D eigenvalue weighted by Crippen LogP contribution is -2.31. The summed E-state index contributed by atoms with van der Waals surface area (Å²) in [5, 5.41) is 14.0. The van der Waals surface area contributed by atoms with E-state index in [0.29, 0.717) is 31.1 Å². The van der Waals surface area contributed by atoms with Gasteiger partial charge in [0.05, 0.1) is 24.6 Å². The number of aliphatic hydroxyl groups excluding tert-OH is 1. The van der Waals surface area contributed by atoms with Crippen molar-refractivity contribution in [1.82, 2.24) is 14.8 Å². The van der Waals surface area contributed by atoms with Gasteiger partial charge in [0.25, 0.3) is 5.56 Å². The van der Waals surface area contributed by atoms with E-state index in [0.717, 1.165) is 47.5 Å². The molecule has 0 fully saturated rings. The van der Waals surface area contributed by atoms with Crippen molar-refractivity contribution in [3.63, 3.8) is 0 Å². The first-order valence-electron chi connectivity index (χ1n) is 12.7. The van der Waals surface area contributed by atoms with Crippen LogP contribution in [-0.2, 0) is 13.1 Å². The summed E-state index contributed by atoms with van der Waals surface area (Å²) in [5.41, 5.74) is 5.85. The van der Waals surface area contributed by atoms with Crippen LogP contribution in [0.1, 0.15) is 43.0 Å². The van der Waals surface area contributed by atoms with E-state index in [1.54, 1.807) is 0 Å². The Kier molecular flexibility index (Phi) is 9.56. The van der Waals surface area contributed by atoms with E-state index < -0.39 is 0 Å². The van der Waals surface area contributed by atoms with Crippen LogP contribution in [0.2, 0.25) is 0 Å². The number of ether oxygens (including phenoxy) is 1. The maximum Gasteiger partial charge on any atom is 0.253 e. The van der Waals surface area contributed by atoms with Crippen molar-refractivity contribution < 1.29 is 9.84 Å². The molecule has 0 spiro atoms. The summed E-state index contributed by atoms with van der Waals surface area (Å²) in [6.07, 6.45) is 0. The zero-order valence-corrected chi connectivity index (χ0v) is 22.3. The van der Waals surface area contributed by atoms with Gasteiger partial charge >= 0.3 is 0 Å². The number of aryl methyl sites for hydroxylation is 2. The Labute approximate surface area is 214 Å². The zero-order valence-electron chi connectivity index (χ0n) is 22.3. The second-order valence-electron chi connectivity index (χ2n) is 9.02. The summed E-state index contributed by atoms with van der Waals surface area (Å²) in [4.78, 5) is 20.5. The van der Waals surface area contributed by atoms with Crippen molar-refractivity contribution in [3.05, 3.63) is 81.4 Å². The predicted molar refractivity (Wildman–Crippen MR) is 149 cm³/mol. The molecule has 36 heavy (non-hydrogen) atoms. The average molecular weight is 493 g/mol. The number of hydrogen-bond donors (Lipinski definition) is 3. The number of nitrogens with zero attached hydrogens (tertiary/aromatic N) is 2. The molecule has 0 bridgehead atoms. The molecule has 1 aromatic heterocycles. The first-order valence-corrected chi connectivity index (χ1v) is 12.7. The fraction of sp³-hybridized carbons (Fsp3) is 0.414. The minimum absolute atomic E-state index is 0.0532. The summed E-state index contributed by atoms with van der Waals surface area (Å²) in [6.45, 7) is 18.7. The largest absolute Gasteiger partial charge is 0.494 e. The number of nitrogens with one attached hydrogen (secondary N) is 2. The number of rotatable bonds is 13. The normalized spacial score (nSPS) is 11.2. The number of fused-ring (bicyclic) bond motifs is 1. The second-order valence-corrected chi connectivity index (χ2v) is 9.02. The third-order valence-corrected chi connectivity index (χ3v) is 6.67. The van der Waals surface area contributed by atoms with E-state index >= 15 is 0 Å². The predicted octanol–water partition coefficient (Wildman–Crippen LogP) is 4.76. The van der Waals surface area contributed by atoms with E-state index in [4.69, 9.17) is 4.74 Å². The Morgan fingerprint density at radius 3 is 2.39 bits per heavy atom. The molecule has 0 atom stereocenters. The standard InChI is InChI=1S/C29H40N4O3/c1-7-32(8-2)19-27-20(4)16-23-17-24(29(35)31-28(23)21(27)5)18-33(14-15-34)22(6)30-25-10-12-26(13-11-25)36-9-3/h10-13,16-17,30,34H,6-9,14-15,18-19H2,1-5H3,(H,31,35). The van der Waals surface area contributed by atoms with Crippen molar-refractivity contribution in [2.24, 2.45) is 0 Å². The third kappa shape index (κ3) is 6.47. The minimum atomic E-state index is -0.125. The fourth-order valence-electron chi connectivity index (χ4n) is 4.50. The number of aromatic nitrogens is 1. The van der Waals surface area contributed by atoms with Gasteiger partial charge in [-0.3, -0.25) is 9.69 Å². The molecule has 2 aromatic carbocycles. The first-order chi connectivity index (χ1) is 17.3. The van der Waals surface area contributed by atoms with Crippen LogP contribution in [-0.4, -0.2) is 52.7 Å². The van der Waals surface area contributed by atoms with Crippen LogP contribution in [0.25, 0.3) is 10.9 Å². The molecule has 0 amide bonds. The SMILES string of the molecule is C=C(Nc1ccc(OCC)cc1)N(CCO)Cc1cc2cc(C)c(CN(CC)CC)c(C)c2[nH]c1=O. The highest BCUT2D eigenvalue weighted by Gasteiger charge is 2.16. The average Bonchev–Trinajstić information content (AvgIpc) is 2.86. The van der Waals surface area contributed by atoms with Gasteiger partial charge in [-0.15, -0.1) is 0 Å². The molecule has 7 nitrogen and oxygen atoms in total. The number of benzene rings is 2. The minimum Gasteiger partial charge on any atom is -0.494 e. The van der Waals surface area contributed by atoms with E-state index in [2.05, 4.69) is 55.5 Å². The van der Waals surface area contributed by atoms with E-state index in [-0.39, 0.29) is 12.2 Å². The molecule has 0 aliphatic carbocycles. The lowest BCUT2D eigenvalue weighted by atomic mass is 9.97. The topological polar surface area (TPSA) is 80.8 Å². The Morgan fingerprint density at radius 1 is 1.08 bits per heavy atom. The van der Waals surface area contributed by atoms with Crippen molar-refractivity contribution in [2.45, 2.75) is 47.7 Å². The molecule has 0 saturated heterocycles. The van der Waals surface area contributed by atoms with Gasteiger partial charge in [0.15, 0.2) is 0 Å². The summed E-state index contributed by atoms with van der Waals surface area (Å²) >= 11 is 0. The maximum atomic E-state index is 13.1. The van der Waals surface area contributed by atoms with Gasteiger partial charge in [-0.1, -0.05) is 20.4 Å². The smallest absolute Gasteiger partial charge is 0.253 e. The first kappa shape index (κ1) is 27.3. The van der Waals surface area contributed by atoms with E-state index in [1.165, 1.54) is 11.1 Å². The molecule has 1 heterocycles. The molecule has 194 valence electrons. The number of hydrogen-bond acceptors (Lipinski definition) is 6. The van der Waals surface area contributed by atoms with Crippen LogP contribution >= 0.6 is 0 Å². The van der Waals surface area contributed by atoms with Gasteiger partial charge in [0, 0.05) is 30.9 Å². The maximum absolute atomic E-state index is 13.1. The van der Waals surface area contributed by atoms with E-state index in [9.17, 15) is 9.90 Å². The van der Waals surface area contributed by atoms with Crippen LogP contribution in [0.15, 0.2) is 53.6 Å². The number of pyridine rings is 1. The molecule has 7 heteroatoms. The van der Waals surface area contributed by atoms with Gasteiger partial charge in [-0.2, -0.15) is 0 Å². The van der Waals surface area contributed by atoms with Gasteiger partial charge in [0.1, 0.15) is 5.75 Å². The Hall–Kier alpha value is -3.29. The molecule has 3 rings (SSSR count). The van der Waals surface area contributed by atoms with E-state index in [1.807, 2.05) is 42.2 Å². The number of aliphatic hydroxyl groups is 1. The summed E-state index contributed by atoms with van der Waals surface area (Å²) in [5.74, 6) is 1.41. The van der Waals surface area contributed by atoms with Gasteiger partial charge in [-0.25, -0.2) is 0 Å². The lowest BCUT2D eigenvalue weighted by Gasteiger charge is -2.27. The van der Waals surface area contributed by atoms with Crippen molar-refractivity contribution in [2.75, 3.05) is 38.2 Å². The molecule has 0 radical (unpaired) electrons. The van der Waals surface area contributed by atoms with Crippen LogP contribution in [0, 0.1) is 13.8 Å². The van der Waals surface area contributed by atoms with Crippen LogP contribution in [0.4, 0.5) is 5.69 Å². The summed E-state index contributed by atoms with van der Waals surface area (Å²) < 4.78 is 5.50. The third-order valence-electron chi connectivity index (χ3n) is 6.67. The molecular formula is C29H40N4O3. The number of aromatic amines is 1. The lowest BCUT2D eigenvalue weighted by molar-refractivity contribution is 0.223. The van der Waals surface area contributed by atoms with Crippen molar-refractivity contribution >= 4 is 16.6 Å². The molecule has 3 N–H and O–H groups in total. The molecule has 3 aromatic rings. The van der Waals surface area contributed by atoms with Gasteiger partial charge in [0.2, 0.25) is 0 Å². The molecule has 0 aliphatic rings. The van der Waals surface area contributed by atoms with Crippen LogP contribution in [0.3, 0.4) is 0 Å². The monoisotopic (exact) mass is 492 g/mol. The van der Waals surface area contributed by atoms with Crippen LogP contribution < -0.4 is 15.6 Å². The van der Waals surface area contributed by atoms with Crippen molar-refractivity contribution in [3.8, 4) is 5.75 Å². The molecule has 0 saturated carbocycles. The molecule has 0 unspecified atom stereocenters. The quantitative estimate of drug-likeness (QED) is 0.319. The highest BCUT2D eigenvalue weighted by Crippen LogP contribution is 2.25. The number of anilines is 1. The van der Waals surface area contributed by atoms with Crippen molar-refractivity contribution in [1.29, 1.82) is 0 Å². The van der Waals surface area contributed by atoms with Gasteiger partial charge < -0.3 is 25.0 Å².